The van der Waals surface area contributed by atoms with Gasteiger partial charge < -0.3 is 5.32 Å². The summed E-state index contributed by atoms with van der Waals surface area (Å²) in [6.45, 7) is 2.07. The summed E-state index contributed by atoms with van der Waals surface area (Å²) in [6.07, 6.45) is 5.83. The second-order valence-electron chi connectivity index (χ2n) is 6.26. The van der Waals surface area contributed by atoms with Crippen molar-refractivity contribution < 1.29 is 4.79 Å². The van der Waals surface area contributed by atoms with E-state index in [1.165, 1.54) is 5.56 Å². The van der Waals surface area contributed by atoms with Crippen LogP contribution in [-0.2, 0) is 4.79 Å². The van der Waals surface area contributed by atoms with Gasteiger partial charge in [0, 0.05) is 22.2 Å². The van der Waals surface area contributed by atoms with Gasteiger partial charge >= 0.3 is 0 Å². The third kappa shape index (κ3) is 3.16. The molecule has 0 fully saturated rings. The molecule has 1 amide bonds. The molecule has 3 nitrogen and oxygen atoms in total. The Balaban J connectivity index is 1.80. The maximum absolute atomic E-state index is 12.4. The van der Waals surface area contributed by atoms with Crippen molar-refractivity contribution in [2.45, 2.75) is 11.9 Å². The van der Waals surface area contributed by atoms with E-state index in [4.69, 9.17) is 4.98 Å². The van der Waals surface area contributed by atoms with Crippen molar-refractivity contribution in [2.75, 3.05) is 6.26 Å². The molecule has 2 aromatic carbocycles. The van der Waals surface area contributed by atoms with Crippen LogP contribution in [0.25, 0.3) is 22.7 Å². The molecule has 2 heterocycles. The highest BCUT2D eigenvalue weighted by Gasteiger charge is 2.19. The van der Waals surface area contributed by atoms with Gasteiger partial charge in [0.1, 0.15) is 5.03 Å². The molecule has 4 rings (SSSR count). The van der Waals surface area contributed by atoms with Gasteiger partial charge in [-0.3, -0.25) is 4.79 Å². The predicted octanol–water partition coefficient (Wildman–Crippen LogP) is 4.82. The Bertz CT molecular complexity index is 1070. The van der Waals surface area contributed by atoms with Gasteiger partial charge in [0.25, 0.3) is 5.91 Å². The van der Waals surface area contributed by atoms with Crippen LogP contribution in [0.3, 0.4) is 0 Å². The third-order valence-electron chi connectivity index (χ3n) is 4.36. The zero-order valence-corrected chi connectivity index (χ0v) is 15.4. The van der Waals surface area contributed by atoms with Gasteiger partial charge in [-0.15, -0.1) is 11.8 Å². The Morgan fingerprint density at radius 1 is 1.08 bits per heavy atom. The normalized spacial score (nSPS) is 15.4. The van der Waals surface area contributed by atoms with Gasteiger partial charge in [-0.25, -0.2) is 4.98 Å². The number of rotatable bonds is 3. The molecule has 0 saturated carbocycles. The van der Waals surface area contributed by atoms with Gasteiger partial charge in [-0.1, -0.05) is 42.0 Å². The maximum atomic E-state index is 12.4. The van der Waals surface area contributed by atoms with Crippen LogP contribution < -0.4 is 5.32 Å². The van der Waals surface area contributed by atoms with Crippen molar-refractivity contribution in [1.29, 1.82) is 0 Å². The van der Waals surface area contributed by atoms with E-state index in [0.717, 1.165) is 32.8 Å². The molecule has 0 unspecified atom stereocenters. The first kappa shape index (κ1) is 16.6. The first-order valence-corrected chi connectivity index (χ1v) is 9.62. The minimum Gasteiger partial charge on any atom is -0.321 e. The summed E-state index contributed by atoms with van der Waals surface area (Å²) in [7, 11) is 0. The molecule has 4 heteroatoms. The summed E-state index contributed by atoms with van der Waals surface area (Å²) in [5, 5.41) is 4.95. The van der Waals surface area contributed by atoms with E-state index >= 15 is 0 Å². The minimum atomic E-state index is -0.0831. The molecule has 1 aliphatic rings. The average molecular weight is 358 g/mol. The highest BCUT2D eigenvalue weighted by molar-refractivity contribution is 7.98. The molecule has 0 aliphatic carbocycles. The van der Waals surface area contributed by atoms with E-state index in [-0.39, 0.29) is 5.91 Å². The number of fused-ring (bicyclic) bond motifs is 1. The molecule has 0 radical (unpaired) electrons. The molecule has 128 valence electrons. The number of thioether (sulfide) groups is 1. The number of pyridine rings is 1. The van der Waals surface area contributed by atoms with E-state index in [1.807, 2.05) is 54.8 Å². The van der Waals surface area contributed by atoms with Crippen molar-refractivity contribution in [3.05, 3.63) is 82.9 Å². The lowest BCUT2D eigenvalue weighted by Gasteiger charge is -2.07. The standard InChI is InChI=1S/C22H18N2OS/c1-14-8-9-19-16(10-14)11-18(22(24-19)26-2)12-17-13-20(23-21(17)25)15-6-4-3-5-7-15/h3-13H,1-2H3,(H,23,25)/b17-12-. The van der Waals surface area contributed by atoms with Gasteiger partial charge in [0.2, 0.25) is 0 Å². The Labute approximate surface area is 156 Å². The van der Waals surface area contributed by atoms with Crippen molar-refractivity contribution >= 4 is 40.3 Å². The van der Waals surface area contributed by atoms with Crippen LogP contribution in [0.4, 0.5) is 0 Å². The number of aromatic nitrogens is 1. The van der Waals surface area contributed by atoms with E-state index in [1.54, 1.807) is 11.8 Å². The van der Waals surface area contributed by atoms with Crippen molar-refractivity contribution in [2.24, 2.45) is 0 Å². The highest BCUT2D eigenvalue weighted by atomic mass is 32.2. The lowest BCUT2D eigenvalue weighted by atomic mass is 10.1. The molecule has 3 aromatic rings. The summed E-state index contributed by atoms with van der Waals surface area (Å²) in [5.74, 6) is -0.0831. The fourth-order valence-corrected chi connectivity index (χ4v) is 3.60. The quantitative estimate of drug-likeness (QED) is 0.539. The Kier molecular flexibility index (Phi) is 4.35. The average Bonchev–Trinajstić information content (AvgIpc) is 3.02. The van der Waals surface area contributed by atoms with Crippen LogP contribution in [0.2, 0.25) is 0 Å². The van der Waals surface area contributed by atoms with Crippen molar-refractivity contribution in [3.63, 3.8) is 0 Å². The number of hydrogen-bond acceptors (Lipinski definition) is 3. The fraction of sp³-hybridized carbons (Fsp3) is 0.0909. The molecule has 1 N–H and O–H groups in total. The molecule has 1 aliphatic heterocycles. The summed E-state index contributed by atoms with van der Waals surface area (Å²) < 4.78 is 0. The monoisotopic (exact) mass is 358 g/mol. The minimum absolute atomic E-state index is 0.0831. The summed E-state index contributed by atoms with van der Waals surface area (Å²) in [5.41, 5.74) is 5.61. The van der Waals surface area contributed by atoms with Crippen LogP contribution in [0, 0.1) is 6.92 Å². The second-order valence-corrected chi connectivity index (χ2v) is 7.06. The molecule has 0 atom stereocenters. The van der Waals surface area contributed by atoms with Crippen molar-refractivity contribution in [1.82, 2.24) is 10.3 Å². The fourth-order valence-electron chi connectivity index (χ4n) is 3.06. The van der Waals surface area contributed by atoms with E-state index in [9.17, 15) is 4.79 Å². The molecule has 1 aromatic heterocycles. The number of amides is 1. The smallest absolute Gasteiger partial charge is 0.255 e. The highest BCUT2D eigenvalue weighted by Crippen LogP contribution is 2.28. The number of carbonyl (C=O) groups excluding carboxylic acids is 1. The molecular weight excluding hydrogens is 340 g/mol. The Morgan fingerprint density at radius 3 is 2.65 bits per heavy atom. The zero-order chi connectivity index (χ0) is 18.1. The first-order valence-electron chi connectivity index (χ1n) is 8.39. The first-order chi connectivity index (χ1) is 12.6. The van der Waals surface area contributed by atoms with Crippen LogP contribution in [0.15, 0.2) is 71.3 Å². The lowest BCUT2D eigenvalue weighted by Crippen LogP contribution is -2.15. The van der Waals surface area contributed by atoms with Crippen LogP contribution in [-0.4, -0.2) is 17.1 Å². The Hall–Kier alpha value is -2.85. The zero-order valence-electron chi connectivity index (χ0n) is 14.6. The van der Waals surface area contributed by atoms with E-state index in [2.05, 4.69) is 30.4 Å². The molecule has 0 saturated heterocycles. The van der Waals surface area contributed by atoms with Crippen LogP contribution >= 0.6 is 11.8 Å². The SMILES string of the molecule is CSc1nc2ccc(C)cc2cc1/C=C1/C=C(c2ccccc2)NC1=O. The number of hydrogen-bond donors (Lipinski definition) is 1. The molecule has 0 bridgehead atoms. The third-order valence-corrected chi connectivity index (χ3v) is 5.08. The van der Waals surface area contributed by atoms with Crippen LogP contribution in [0.5, 0.6) is 0 Å². The van der Waals surface area contributed by atoms with E-state index < -0.39 is 0 Å². The number of aryl methyl sites for hydroxylation is 1. The van der Waals surface area contributed by atoms with E-state index in [0.29, 0.717) is 5.57 Å². The molecular formula is C22H18N2OS. The second kappa shape index (κ2) is 6.81. The molecule has 0 spiro atoms. The topological polar surface area (TPSA) is 42.0 Å². The molecule has 26 heavy (non-hydrogen) atoms. The summed E-state index contributed by atoms with van der Waals surface area (Å²) in [6, 6.07) is 18.2. The number of carbonyl (C=O) groups is 1. The van der Waals surface area contributed by atoms with Gasteiger partial charge in [0.05, 0.1) is 5.52 Å². The van der Waals surface area contributed by atoms with Gasteiger partial charge in [-0.2, -0.15) is 0 Å². The van der Waals surface area contributed by atoms with Gasteiger partial charge in [0.15, 0.2) is 0 Å². The van der Waals surface area contributed by atoms with Crippen LogP contribution in [0.1, 0.15) is 16.7 Å². The maximum Gasteiger partial charge on any atom is 0.255 e. The number of benzene rings is 2. The number of nitrogens with one attached hydrogen (secondary N) is 1. The van der Waals surface area contributed by atoms with Gasteiger partial charge in [-0.05, 0) is 49.1 Å². The Morgan fingerprint density at radius 2 is 1.88 bits per heavy atom. The predicted molar refractivity (Wildman–Crippen MR) is 109 cm³/mol. The summed E-state index contributed by atoms with van der Waals surface area (Å²) >= 11 is 1.59. The summed E-state index contributed by atoms with van der Waals surface area (Å²) in [4.78, 5) is 17.2. The van der Waals surface area contributed by atoms with Crippen molar-refractivity contribution in [3.8, 4) is 0 Å². The largest absolute Gasteiger partial charge is 0.321 e. The lowest BCUT2D eigenvalue weighted by molar-refractivity contribution is -0.115. The number of nitrogens with zero attached hydrogens (tertiary/aromatic N) is 1.